The van der Waals surface area contributed by atoms with E-state index in [1.165, 1.54) is 0 Å². The van der Waals surface area contributed by atoms with Crippen LogP contribution in [-0.4, -0.2) is 48.5 Å². The Bertz CT molecular complexity index is 252. The molecule has 0 aromatic heterocycles. The van der Waals surface area contributed by atoms with E-state index < -0.39 is 0 Å². The third kappa shape index (κ3) is 4.26. The van der Waals surface area contributed by atoms with Crippen LogP contribution in [0.1, 0.15) is 33.1 Å². The van der Waals surface area contributed by atoms with Crippen LogP contribution in [0.5, 0.6) is 0 Å². The molecule has 2 unspecified atom stereocenters. The van der Waals surface area contributed by atoms with Gasteiger partial charge in [-0.1, -0.05) is 20.4 Å². The summed E-state index contributed by atoms with van der Waals surface area (Å²) in [6.45, 7) is 11.3. The van der Waals surface area contributed by atoms with Crippen molar-refractivity contribution in [1.82, 2.24) is 4.90 Å². The molecule has 106 valence electrons. The Morgan fingerprint density at radius 2 is 2.00 bits per heavy atom. The SMILES string of the molecule is C=C(N)C1CC(O)CN1CC1CCOCC1.CC. The summed E-state index contributed by atoms with van der Waals surface area (Å²) in [5.41, 5.74) is 6.47. The van der Waals surface area contributed by atoms with Crippen molar-refractivity contribution < 1.29 is 9.84 Å². The normalized spacial score (nSPS) is 29.7. The summed E-state index contributed by atoms with van der Waals surface area (Å²) < 4.78 is 5.35. The van der Waals surface area contributed by atoms with E-state index in [1.54, 1.807) is 0 Å². The molecular formula is C14H28N2O2. The molecule has 2 fully saturated rings. The fourth-order valence-electron chi connectivity index (χ4n) is 2.73. The minimum atomic E-state index is -0.245. The lowest BCUT2D eigenvalue weighted by atomic mass is 9.99. The lowest BCUT2D eigenvalue weighted by molar-refractivity contribution is 0.0508. The first kappa shape index (κ1) is 15.5. The molecule has 2 heterocycles. The van der Waals surface area contributed by atoms with Gasteiger partial charge in [-0.3, -0.25) is 4.90 Å². The highest BCUT2D eigenvalue weighted by atomic mass is 16.5. The van der Waals surface area contributed by atoms with Gasteiger partial charge in [-0.25, -0.2) is 0 Å². The van der Waals surface area contributed by atoms with Gasteiger partial charge in [0, 0.05) is 32.0 Å². The third-order valence-corrected chi connectivity index (χ3v) is 3.64. The summed E-state index contributed by atoms with van der Waals surface area (Å²) in [6, 6.07) is 0.165. The number of nitrogens with two attached hydrogens (primary N) is 1. The van der Waals surface area contributed by atoms with Crippen LogP contribution < -0.4 is 5.73 Å². The average Bonchev–Trinajstić information content (AvgIpc) is 2.74. The summed E-state index contributed by atoms with van der Waals surface area (Å²) >= 11 is 0. The Labute approximate surface area is 111 Å². The minimum Gasteiger partial charge on any atom is -0.401 e. The lowest BCUT2D eigenvalue weighted by Gasteiger charge is -2.30. The number of likely N-dealkylation sites (tertiary alicyclic amines) is 1. The standard InChI is InChI=1S/C12H22N2O2.C2H6/c1-9(13)12-6-11(15)8-14(12)7-10-2-4-16-5-3-10;1-2/h10-12,15H,1-8,13H2;1-2H3. The fraction of sp³-hybridized carbons (Fsp3) is 0.857. The Morgan fingerprint density at radius 3 is 2.56 bits per heavy atom. The molecule has 4 heteroatoms. The van der Waals surface area contributed by atoms with Crippen molar-refractivity contribution in [2.24, 2.45) is 11.7 Å². The van der Waals surface area contributed by atoms with Crippen LogP contribution in [0, 0.1) is 5.92 Å². The zero-order valence-corrected chi connectivity index (χ0v) is 11.8. The summed E-state index contributed by atoms with van der Waals surface area (Å²) in [6.07, 6.45) is 2.73. The molecule has 2 rings (SSSR count). The highest BCUT2D eigenvalue weighted by Crippen LogP contribution is 2.25. The first-order valence-electron chi connectivity index (χ1n) is 7.11. The molecule has 0 aliphatic carbocycles. The lowest BCUT2D eigenvalue weighted by Crippen LogP contribution is -2.38. The topological polar surface area (TPSA) is 58.7 Å². The van der Waals surface area contributed by atoms with E-state index in [-0.39, 0.29) is 12.1 Å². The maximum absolute atomic E-state index is 9.69. The molecule has 0 aromatic rings. The van der Waals surface area contributed by atoms with E-state index in [0.717, 1.165) is 45.6 Å². The fourth-order valence-corrected chi connectivity index (χ4v) is 2.73. The van der Waals surface area contributed by atoms with E-state index in [4.69, 9.17) is 10.5 Å². The van der Waals surface area contributed by atoms with Gasteiger partial charge in [-0.2, -0.15) is 0 Å². The van der Waals surface area contributed by atoms with Gasteiger partial charge in [0.25, 0.3) is 0 Å². The van der Waals surface area contributed by atoms with Crippen LogP contribution in [0.3, 0.4) is 0 Å². The van der Waals surface area contributed by atoms with Gasteiger partial charge in [0.15, 0.2) is 0 Å². The molecule has 2 aliphatic heterocycles. The Morgan fingerprint density at radius 1 is 1.39 bits per heavy atom. The quantitative estimate of drug-likeness (QED) is 0.800. The monoisotopic (exact) mass is 256 g/mol. The molecule has 2 atom stereocenters. The van der Waals surface area contributed by atoms with Crippen molar-refractivity contribution in [3.63, 3.8) is 0 Å². The van der Waals surface area contributed by atoms with Crippen LogP contribution in [0.25, 0.3) is 0 Å². The number of aliphatic hydroxyl groups is 1. The van der Waals surface area contributed by atoms with E-state index in [0.29, 0.717) is 11.6 Å². The summed E-state index contributed by atoms with van der Waals surface area (Å²) in [4.78, 5) is 2.28. The van der Waals surface area contributed by atoms with Crippen molar-refractivity contribution in [3.8, 4) is 0 Å². The van der Waals surface area contributed by atoms with Crippen LogP contribution in [0.2, 0.25) is 0 Å². The van der Waals surface area contributed by atoms with E-state index in [2.05, 4.69) is 11.5 Å². The maximum Gasteiger partial charge on any atom is 0.0686 e. The molecule has 0 radical (unpaired) electrons. The number of nitrogens with zero attached hydrogens (tertiary/aromatic N) is 1. The minimum absolute atomic E-state index is 0.165. The number of hydrogen-bond donors (Lipinski definition) is 2. The molecule has 0 spiro atoms. The second kappa shape index (κ2) is 7.77. The van der Waals surface area contributed by atoms with Gasteiger partial charge in [-0.05, 0) is 25.2 Å². The maximum atomic E-state index is 9.69. The molecule has 0 amide bonds. The van der Waals surface area contributed by atoms with E-state index in [1.807, 2.05) is 13.8 Å². The average molecular weight is 256 g/mol. The van der Waals surface area contributed by atoms with Gasteiger partial charge < -0.3 is 15.6 Å². The number of rotatable bonds is 3. The second-order valence-corrected chi connectivity index (χ2v) is 4.99. The summed E-state index contributed by atoms with van der Waals surface area (Å²) in [5, 5.41) is 9.69. The molecule has 4 nitrogen and oxygen atoms in total. The van der Waals surface area contributed by atoms with Crippen LogP contribution in [0.15, 0.2) is 12.3 Å². The molecule has 2 saturated heterocycles. The molecule has 0 aromatic carbocycles. The highest BCUT2D eigenvalue weighted by Gasteiger charge is 2.33. The van der Waals surface area contributed by atoms with Crippen molar-refractivity contribution in [1.29, 1.82) is 0 Å². The molecule has 0 bridgehead atoms. The third-order valence-electron chi connectivity index (χ3n) is 3.64. The number of β-amino-alcohol motifs (C(OH)–C–C–N with tert-alkyl or cyclic N) is 1. The van der Waals surface area contributed by atoms with Crippen molar-refractivity contribution in [3.05, 3.63) is 12.3 Å². The molecule has 0 saturated carbocycles. The van der Waals surface area contributed by atoms with Gasteiger partial charge >= 0.3 is 0 Å². The largest absolute Gasteiger partial charge is 0.401 e. The Kier molecular flexibility index (Phi) is 6.68. The van der Waals surface area contributed by atoms with Crippen molar-refractivity contribution in [2.75, 3.05) is 26.3 Å². The van der Waals surface area contributed by atoms with E-state index in [9.17, 15) is 5.11 Å². The van der Waals surface area contributed by atoms with Gasteiger partial charge in [0.2, 0.25) is 0 Å². The van der Waals surface area contributed by atoms with Crippen LogP contribution in [-0.2, 0) is 4.74 Å². The highest BCUT2D eigenvalue weighted by molar-refractivity contribution is 5.06. The first-order chi connectivity index (χ1) is 8.66. The zero-order valence-electron chi connectivity index (χ0n) is 11.8. The van der Waals surface area contributed by atoms with Gasteiger partial charge in [0.05, 0.1) is 12.1 Å². The second-order valence-electron chi connectivity index (χ2n) is 4.99. The van der Waals surface area contributed by atoms with Gasteiger partial charge in [-0.15, -0.1) is 0 Å². The van der Waals surface area contributed by atoms with Gasteiger partial charge in [0.1, 0.15) is 0 Å². The number of aliphatic hydroxyl groups excluding tert-OH is 1. The van der Waals surface area contributed by atoms with Crippen LogP contribution >= 0.6 is 0 Å². The Hall–Kier alpha value is -0.580. The molecule has 3 N–H and O–H groups in total. The predicted molar refractivity (Wildman–Crippen MR) is 74.2 cm³/mol. The summed E-state index contributed by atoms with van der Waals surface area (Å²) in [7, 11) is 0. The summed E-state index contributed by atoms with van der Waals surface area (Å²) in [5.74, 6) is 0.681. The van der Waals surface area contributed by atoms with Crippen molar-refractivity contribution in [2.45, 2.75) is 45.3 Å². The Balaban J connectivity index is 0.000000771. The zero-order chi connectivity index (χ0) is 13.5. The number of ether oxygens (including phenoxy) is 1. The molecular weight excluding hydrogens is 228 g/mol. The van der Waals surface area contributed by atoms with Crippen molar-refractivity contribution >= 4 is 0 Å². The smallest absolute Gasteiger partial charge is 0.0686 e. The van der Waals surface area contributed by atoms with E-state index >= 15 is 0 Å². The first-order valence-corrected chi connectivity index (χ1v) is 7.11. The molecule has 2 aliphatic rings. The molecule has 18 heavy (non-hydrogen) atoms. The predicted octanol–water partition coefficient (Wildman–Crippen LogP) is 1.35. The number of hydrogen-bond acceptors (Lipinski definition) is 4. The van der Waals surface area contributed by atoms with Crippen LogP contribution in [0.4, 0.5) is 0 Å².